The Morgan fingerprint density at radius 3 is 1.75 bits per heavy atom. The summed E-state index contributed by atoms with van der Waals surface area (Å²) in [5, 5.41) is 9.51. The fourth-order valence-electron chi connectivity index (χ4n) is 1.52. The van der Waals surface area contributed by atoms with Crippen LogP contribution in [-0.2, 0) is 14.2 Å². The molecule has 0 aliphatic rings. The Balaban J connectivity index is 3.99. The molecule has 0 fully saturated rings. The zero-order valence-electron chi connectivity index (χ0n) is 14.1. The molecule has 0 heterocycles. The van der Waals surface area contributed by atoms with Crippen LogP contribution in [0.3, 0.4) is 0 Å². The molecule has 3 atom stereocenters. The number of aliphatic hydroxyl groups excluding tert-OH is 1. The molecule has 0 rings (SSSR count). The van der Waals surface area contributed by atoms with Crippen LogP contribution in [0, 0.1) is 0 Å². The van der Waals surface area contributed by atoms with Gasteiger partial charge in [-0.25, -0.2) is 0 Å². The van der Waals surface area contributed by atoms with Crippen molar-refractivity contribution in [2.75, 3.05) is 19.8 Å². The molecule has 1 N–H and O–H groups in total. The summed E-state index contributed by atoms with van der Waals surface area (Å²) >= 11 is 0. The van der Waals surface area contributed by atoms with Crippen LogP contribution in [0.25, 0.3) is 0 Å². The van der Waals surface area contributed by atoms with Crippen molar-refractivity contribution in [3.05, 3.63) is 0 Å². The molecule has 0 saturated carbocycles. The van der Waals surface area contributed by atoms with E-state index in [9.17, 15) is 5.11 Å². The molecular weight excluding hydrogens is 256 g/mol. The zero-order valence-corrected chi connectivity index (χ0v) is 14.1. The molecule has 0 aromatic carbocycles. The van der Waals surface area contributed by atoms with Gasteiger partial charge in [0.1, 0.15) is 0 Å². The van der Waals surface area contributed by atoms with E-state index < -0.39 is 0 Å². The van der Waals surface area contributed by atoms with Crippen LogP contribution < -0.4 is 0 Å². The van der Waals surface area contributed by atoms with Crippen molar-refractivity contribution < 1.29 is 19.3 Å². The van der Waals surface area contributed by atoms with Crippen LogP contribution in [0.2, 0.25) is 0 Å². The van der Waals surface area contributed by atoms with Gasteiger partial charge in [-0.1, -0.05) is 20.8 Å². The highest BCUT2D eigenvalue weighted by atomic mass is 16.6. The largest absolute Gasteiger partial charge is 0.391 e. The Kier molecular flexibility index (Phi) is 10.5. The van der Waals surface area contributed by atoms with Gasteiger partial charge in [-0.3, -0.25) is 0 Å². The lowest BCUT2D eigenvalue weighted by atomic mass is 10.2. The number of ether oxygens (including phenoxy) is 3. The average molecular weight is 290 g/mol. The van der Waals surface area contributed by atoms with E-state index in [1.807, 2.05) is 27.7 Å². The lowest BCUT2D eigenvalue weighted by molar-refractivity contribution is -0.105. The minimum atomic E-state index is -0.379. The Morgan fingerprint density at radius 2 is 1.30 bits per heavy atom. The highest BCUT2D eigenvalue weighted by Crippen LogP contribution is 2.11. The molecule has 0 aromatic rings. The summed E-state index contributed by atoms with van der Waals surface area (Å²) in [5.41, 5.74) is -0.136. The molecule has 20 heavy (non-hydrogen) atoms. The smallest absolute Gasteiger partial charge is 0.0807 e. The third kappa shape index (κ3) is 10.6. The third-order valence-corrected chi connectivity index (χ3v) is 3.13. The molecule has 0 aromatic heterocycles. The number of hydrogen-bond acceptors (Lipinski definition) is 4. The Labute approximate surface area is 124 Å². The highest BCUT2D eigenvalue weighted by Gasteiger charge is 2.17. The number of aliphatic hydroxyl groups is 1. The molecule has 0 bridgehead atoms. The molecule has 0 aliphatic heterocycles. The normalized spacial score (nSPS) is 16.9. The second-order valence-corrected chi connectivity index (χ2v) is 6.21. The molecule has 4 heteroatoms. The van der Waals surface area contributed by atoms with Crippen molar-refractivity contribution in [1.82, 2.24) is 0 Å². The lowest BCUT2D eigenvalue weighted by Gasteiger charge is -2.26. The molecular formula is C16H34O4. The quantitative estimate of drug-likeness (QED) is 0.635. The molecule has 0 amide bonds. The van der Waals surface area contributed by atoms with Crippen molar-refractivity contribution in [3.63, 3.8) is 0 Å². The van der Waals surface area contributed by atoms with E-state index in [4.69, 9.17) is 14.2 Å². The van der Waals surface area contributed by atoms with Crippen LogP contribution in [-0.4, -0.2) is 48.8 Å². The van der Waals surface area contributed by atoms with Gasteiger partial charge in [-0.05, 0) is 40.0 Å². The Bertz CT molecular complexity index is 225. The summed E-state index contributed by atoms with van der Waals surface area (Å²) in [4.78, 5) is 0. The topological polar surface area (TPSA) is 47.9 Å². The first-order valence-electron chi connectivity index (χ1n) is 7.87. The summed E-state index contributed by atoms with van der Waals surface area (Å²) in [7, 11) is 0. The number of rotatable bonds is 11. The minimum Gasteiger partial charge on any atom is -0.391 e. The number of hydrogen-bond donors (Lipinski definition) is 1. The first kappa shape index (κ1) is 19.8. The van der Waals surface area contributed by atoms with Gasteiger partial charge in [0.15, 0.2) is 0 Å². The highest BCUT2D eigenvalue weighted by molar-refractivity contribution is 4.64. The minimum absolute atomic E-state index is 0.0416. The van der Waals surface area contributed by atoms with Gasteiger partial charge in [0.2, 0.25) is 0 Å². The second-order valence-electron chi connectivity index (χ2n) is 6.21. The van der Waals surface area contributed by atoms with Crippen LogP contribution >= 0.6 is 0 Å². The summed E-state index contributed by atoms with van der Waals surface area (Å²) in [6.07, 6.45) is 2.28. The van der Waals surface area contributed by atoms with E-state index in [1.54, 1.807) is 0 Å². The standard InChI is InChI=1S/C16H34O4/c1-7-13(17)10-18-14(8-2)11-19-15(9-3)12-20-16(4,5)6/h13-15,17H,7-12H2,1-6H3. The van der Waals surface area contributed by atoms with E-state index in [0.717, 1.165) is 12.8 Å². The van der Waals surface area contributed by atoms with Crippen LogP contribution in [0.1, 0.15) is 60.8 Å². The zero-order chi connectivity index (χ0) is 15.6. The lowest BCUT2D eigenvalue weighted by Crippen LogP contribution is -2.31. The summed E-state index contributed by atoms with van der Waals surface area (Å²) < 4.78 is 17.3. The van der Waals surface area contributed by atoms with Crippen LogP contribution in [0.15, 0.2) is 0 Å². The van der Waals surface area contributed by atoms with E-state index in [2.05, 4.69) is 13.8 Å². The van der Waals surface area contributed by atoms with Gasteiger partial charge < -0.3 is 19.3 Å². The van der Waals surface area contributed by atoms with E-state index in [0.29, 0.717) is 26.2 Å². The molecule has 3 unspecified atom stereocenters. The molecule has 4 nitrogen and oxygen atoms in total. The van der Waals surface area contributed by atoms with Gasteiger partial charge in [-0.15, -0.1) is 0 Å². The van der Waals surface area contributed by atoms with Crippen molar-refractivity contribution in [1.29, 1.82) is 0 Å². The van der Waals surface area contributed by atoms with E-state index >= 15 is 0 Å². The maximum absolute atomic E-state index is 9.51. The van der Waals surface area contributed by atoms with Gasteiger partial charge in [0.25, 0.3) is 0 Å². The first-order chi connectivity index (χ1) is 9.32. The van der Waals surface area contributed by atoms with E-state index in [1.165, 1.54) is 0 Å². The third-order valence-electron chi connectivity index (χ3n) is 3.13. The maximum Gasteiger partial charge on any atom is 0.0807 e. The monoisotopic (exact) mass is 290 g/mol. The van der Waals surface area contributed by atoms with Gasteiger partial charge in [0, 0.05) is 0 Å². The van der Waals surface area contributed by atoms with Gasteiger partial charge in [0.05, 0.1) is 43.7 Å². The van der Waals surface area contributed by atoms with Crippen molar-refractivity contribution >= 4 is 0 Å². The molecule has 0 spiro atoms. The molecule has 122 valence electrons. The molecule has 0 aliphatic carbocycles. The average Bonchev–Trinajstić information content (AvgIpc) is 2.40. The van der Waals surface area contributed by atoms with Crippen molar-refractivity contribution in [2.45, 2.75) is 84.7 Å². The van der Waals surface area contributed by atoms with Crippen molar-refractivity contribution in [2.24, 2.45) is 0 Å². The second kappa shape index (κ2) is 10.6. The van der Waals surface area contributed by atoms with Crippen LogP contribution in [0.4, 0.5) is 0 Å². The predicted octanol–water partition coefficient (Wildman–Crippen LogP) is 3.16. The fraction of sp³-hybridized carbons (Fsp3) is 1.00. The van der Waals surface area contributed by atoms with Crippen molar-refractivity contribution in [3.8, 4) is 0 Å². The maximum atomic E-state index is 9.51. The molecule has 0 saturated heterocycles. The first-order valence-corrected chi connectivity index (χ1v) is 7.87. The summed E-state index contributed by atoms with van der Waals surface area (Å²) in [6.45, 7) is 13.8. The predicted molar refractivity (Wildman–Crippen MR) is 82.1 cm³/mol. The summed E-state index contributed by atoms with van der Waals surface area (Å²) in [5.74, 6) is 0. The van der Waals surface area contributed by atoms with Crippen LogP contribution in [0.5, 0.6) is 0 Å². The SMILES string of the molecule is CCC(O)COC(CC)COC(CC)COC(C)(C)C. The van der Waals surface area contributed by atoms with E-state index in [-0.39, 0.29) is 23.9 Å². The van der Waals surface area contributed by atoms with Gasteiger partial charge >= 0.3 is 0 Å². The fourth-order valence-corrected chi connectivity index (χ4v) is 1.52. The Hall–Kier alpha value is -0.160. The van der Waals surface area contributed by atoms with Gasteiger partial charge in [-0.2, -0.15) is 0 Å². The Morgan fingerprint density at radius 1 is 0.800 bits per heavy atom. The summed E-state index contributed by atoms with van der Waals surface area (Å²) in [6, 6.07) is 0. The molecule has 0 radical (unpaired) electrons.